The van der Waals surface area contributed by atoms with Crippen molar-refractivity contribution in [3.05, 3.63) is 34.3 Å². The summed E-state index contributed by atoms with van der Waals surface area (Å²) in [6, 6.07) is 6.42. The van der Waals surface area contributed by atoms with Crippen LogP contribution in [-0.2, 0) is 19.4 Å². The van der Waals surface area contributed by atoms with Gasteiger partial charge >= 0.3 is 5.97 Å². The van der Waals surface area contributed by atoms with Crippen molar-refractivity contribution in [3.8, 4) is 0 Å². The van der Waals surface area contributed by atoms with E-state index in [1.165, 1.54) is 12.1 Å². The Balaban J connectivity index is 2.73. The minimum absolute atomic E-state index is 0.275. The number of hydrogen-bond donors (Lipinski definition) is 0. The van der Waals surface area contributed by atoms with Crippen molar-refractivity contribution >= 4 is 37.5 Å². The molecule has 1 rings (SSSR count). The van der Waals surface area contributed by atoms with Crippen molar-refractivity contribution in [3.63, 3.8) is 0 Å². The van der Waals surface area contributed by atoms with Crippen molar-refractivity contribution in [2.75, 3.05) is 11.5 Å². The number of benzene rings is 1. The van der Waals surface area contributed by atoms with Gasteiger partial charge in [0.05, 0.1) is 0 Å². The monoisotopic (exact) mass is 376 g/mol. The maximum atomic E-state index is 11.9. The van der Waals surface area contributed by atoms with Gasteiger partial charge in [-0.05, 0) is 32.9 Å². The third-order valence-electron chi connectivity index (χ3n) is 2.26. The van der Waals surface area contributed by atoms with E-state index in [0.717, 1.165) is 0 Å². The van der Waals surface area contributed by atoms with Gasteiger partial charge in [0.2, 0.25) is 0 Å². The van der Waals surface area contributed by atoms with E-state index in [1.54, 1.807) is 32.9 Å². The molecular weight excluding hydrogens is 360 g/mol. The molecule has 0 saturated carbocycles. The molecule has 0 aliphatic heterocycles. The first kappa shape index (κ1) is 17.8. The summed E-state index contributed by atoms with van der Waals surface area (Å²) in [5, 5.41) is 0. The Hall–Kier alpha value is -1.21. The molecule has 0 heterocycles. The number of halogens is 1. The number of sulfone groups is 1. The molecular formula is C14H17BrO5S. The summed E-state index contributed by atoms with van der Waals surface area (Å²) < 4.78 is 29.3. The zero-order chi connectivity index (χ0) is 16.3. The number of ketones is 1. The number of Topliss-reactive ketones (excluding diaryl/α,β-unsaturated/α-hetero) is 1. The Bertz CT molecular complexity index is 644. The van der Waals surface area contributed by atoms with E-state index in [0.29, 0.717) is 4.47 Å². The van der Waals surface area contributed by atoms with Crippen molar-refractivity contribution in [1.29, 1.82) is 0 Å². The first-order chi connectivity index (χ1) is 9.48. The van der Waals surface area contributed by atoms with Crippen LogP contribution in [0.3, 0.4) is 0 Å². The lowest BCUT2D eigenvalue weighted by Crippen LogP contribution is -2.30. The van der Waals surface area contributed by atoms with Crippen molar-refractivity contribution in [2.24, 2.45) is 0 Å². The smallest absolute Gasteiger partial charge is 0.321 e. The average molecular weight is 377 g/mol. The molecule has 0 atom stereocenters. The molecule has 0 spiro atoms. The third-order valence-corrected chi connectivity index (χ3v) is 4.13. The van der Waals surface area contributed by atoms with Gasteiger partial charge in [-0.2, -0.15) is 0 Å². The zero-order valence-electron chi connectivity index (χ0n) is 12.1. The fourth-order valence-corrected chi connectivity index (χ4v) is 3.03. The van der Waals surface area contributed by atoms with E-state index in [1.807, 2.05) is 0 Å². The van der Waals surface area contributed by atoms with Gasteiger partial charge in [-0.3, -0.25) is 9.59 Å². The quantitative estimate of drug-likeness (QED) is 0.582. The highest BCUT2D eigenvalue weighted by Crippen LogP contribution is 2.13. The summed E-state index contributed by atoms with van der Waals surface area (Å²) in [4.78, 5) is 23.5. The summed E-state index contributed by atoms with van der Waals surface area (Å²) in [7, 11) is -3.85. The lowest BCUT2D eigenvalue weighted by molar-refractivity contribution is -0.151. The van der Waals surface area contributed by atoms with Crippen LogP contribution in [-0.4, -0.2) is 37.3 Å². The van der Waals surface area contributed by atoms with Gasteiger partial charge in [-0.1, -0.05) is 28.1 Å². The number of carbonyl (C=O) groups is 2. The van der Waals surface area contributed by atoms with Crippen LogP contribution in [0.25, 0.3) is 0 Å². The third kappa shape index (κ3) is 6.86. The molecule has 7 heteroatoms. The molecule has 0 unspecified atom stereocenters. The van der Waals surface area contributed by atoms with Gasteiger partial charge in [0.15, 0.2) is 15.6 Å². The van der Waals surface area contributed by atoms with E-state index in [4.69, 9.17) is 4.74 Å². The zero-order valence-corrected chi connectivity index (χ0v) is 14.5. The number of carbonyl (C=O) groups excluding carboxylic acids is 2. The summed E-state index contributed by atoms with van der Waals surface area (Å²) in [6.07, 6.45) is 0. The predicted octanol–water partition coefficient (Wildman–Crippen LogP) is 2.39. The Morgan fingerprint density at radius 2 is 1.81 bits per heavy atom. The van der Waals surface area contributed by atoms with Crippen LogP contribution in [0.1, 0.15) is 31.1 Å². The van der Waals surface area contributed by atoms with E-state index < -0.39 is 38.7 Å². The molecule has 0 amide bonds. The molecule has 1 aromatic rings. The molecule has 1 aromatic carbocycles. The highest BCUT2D eigenvalue weighted by Gasteiger charge is 2.25. The van der Waals surface area contributed by atoms with E-state index in [2.05, 4.69) is 15.9 Å². The number of ether oxygens (including phenoxy) is 1. The Morgan fingerprint density at radius 1 is 1.19 bits per heavy atom. The van der Waals surface area contributed by atoms with Crippen LogP contribution < -0.4 is 0 Å². The highest BCUT2D eigenvalue weighted by atomic mass is 79.9. The lowest BCUT2D eigenvalue weighted by atomic mass is 10.2. The average Bonchev–Trinajstić information content (AvgIpc) is 2.24. The summed E-state index contributed by atoms with van der Waals surface area (Å²) in [6.45, 7) is 4.93. The molecule has 0 fully saturated rings. The molecule has 0 aliphatic carbocycles. The molecule has 116 valence electrons. The van der Waals surface area contributed by atoms with Gasteiger partial charge in [0.25, 0.3) is 0 Å². The summed E-state index contributed by atoms with van der Waals surface area (Å²) >= 11 is 3.21. The second kappa shape index (κ2) is 6.70. The summed E-state index contributed by atoms with van der Waals surface area (Å²) in [5.74, 6) is -2.93. The van der Waals surface area contributed by atoms with Gasteiger partial charge in [0, 0.05) is 10.0 Å². The molecule has 0 aliphatic rings. The lowest BCUT2D eigenvalue weighted by Gasteiger charge is -2.19. The Labute approximate surface area is 132 Å². The van der Waals surface area contributed by atoms with E-state index in [9.17, 15) is 18.0 Å². The molecule has 0 N–H and O–H groups in total. The first-order valence-electron chi connectivity index (χ1n) is 6.19. The van der Waals surface area contributed by atoms with Crippen LogP contribution in [0.5, 0.6) is 0 Å². The fourth-order valence-electron chi connectivity index (χ4n) is 1.55. The topological polar surface area (TPSA) is 77.5 Å². The molecule has 0 bridgehead atoms. The van der Waals surface area contributed by atoms with E-state index in [-0.39, 0.29) is 5.56 Å². The number of hydrogen-bond acceptors (Lipinski definition) is 5. The molecule has 5 nitrogen and oxygen atoms in total. The van der Waals surface area contributed by atoms with Crippen molar-refractivity contribution in [2.45, 2.75) is 26.4 Å². The largest absolute Gasteiger partial charge is 0.459 e. The maximum absolute atomic E-state index is 11.9. The minimum Gasteiger partial charge on any atom is -0.459 e. The van der Waals surface area contributed by atoms with E-state index >= 15 is 0 Å². The van der Waals surface area contributed by atoms with Crippen molar-refractivity contribution in [1.82, 2.24) is 0 Å². The highest BCUT2D eigenvalue weighted by molar-refractivity contribution is 9.10. The van der Waals surface area contributed by atoms with Crippen LogP contribution in [0, 0.1) is 0 Å². The molecule has 0 saturated heterocycles. The predicted molar refractivity (Wildman–Crippen MR) is 83.0 cm³/mol. The number of rotatable bonds is 5. The van der Waals surface area contributed by atoms with Crippen LogP contribution in [0.4, 0.5) is 0 Å². The SMILES string of the molecule is CC(C)(C)OC(=O)CS(=O)(=O)CC(=O)c1cccc(Br)c1. The van der Waals surface area contributed by atoms with Gasteiger partial charge in [-0.25, -0.2) is 8.42 Å². The van der Waals surface area contributed by atoms with Crippen LogP contribution in [0.2, 0.25) is 0 Å². The second-order valence-electron chi connectivity index (χ2n) is 5.55. The Morgan fingerprint density at radius 3 is 2.33 bits per heavy atom. The first-order valence-corrected chi connectivity index (χ1v) is 8.81. The summed E-state index contributed by atoms with van der Waals surface area (Å²) in [5.41, 5.74) is -0.488. The standard InChI is InChI=1S/C14H17BrO5S/c1-14(2,3)20-13(17)9-21(18,19)8-12(16)10-5-4-6-11(15)7-10/h4-7H,8-9H2,1-3H3. The second-order valence-corrected chi connectivity index (χ2v) is 8.53. The van der Waals surface area contributed by atoms with Crippen LogP contribution in [0.15, 0.2) is 28.7 Å². The van der Waals surface area contributed by atoms with Gasteiger partial charge in [0.1, 0.15) is 17.1 Å². The fraction of sp³-hybridized carbons (Fsp3) is 0.429. The van der Waals surface area contributed by atoms with Crippen LogP contribution >= 0.6 is 15.9 Å². The van der Waals surface area contributed by atoms with Gasteiger partial charge < -0.3 is 4.74 Å². The normalized spacial score (nSPS) is 12.0. The van der Waals surface area contributed by atoms with Crippen molar-refractivity contribution < 1.29 is 22.7 Å². The maximum Gasteiger partial charge on any atom is 0.321 e. The Kier molecular flexibility index (Phi) is 5.69. The molecule has 0 radical (unpaired) electrons. The minimum atomic E-state index is -3.85. The molecule has 21 heavy (non-hydrogen) atoms. The molecule has 0 aromatic heterocycles. The van der Waals surface area contributed by atoms with Gasteiger partial charge in [-0.15, -0.1) is 0 Å². The number of esters is 1.